The Kier molecular flexibility index (Phi) is 7.51. The zero-order valence-corrected chi connectivity index (χ0v) is 17.3. The molecule has 31 heavy (non-hydrogen) atoms. The quantitative estimate of drug-likeness (QED) is 0.458. The summed E-state index contributed by atoms with van der Waals surface area (Å²) < 4.78 is 47.7. The monoisotopic (exact) mass is 436 g/mol. The van der Waals surface area contributed by atoms with E-state index >= 15 is 0 Å². The number of nitrogens with two attached hydrogens (primary N) is 1. The fourth-order valence-corrected chi connectivity index (χ4v) is 2.59. The van der Waals surface area contributed by atoms with Crippen LogP contribution in [0, 0.1) is 0 Å². The first-order valence-corrected chi connectivity index (χ1v) is 9.19. The van der Waals surface area contributed by atoms with Crippen molar-refractivity contribution in [2.75, 3.05) is 12.4 Å². The molecule has 3 N–H and O–H groups in total. The van der Waals surface area contributed by atoms with Gasteiger partial charge in [-0.05, 0) is 37.1 Å². The summed E-state index contributed by atoms with van der Waals surface area (Å²) in [7, 11) is 1.12. The maximum absolute atomic E-state index is 12.6. The summed E-state index contributed by atoms with van der Waals surface area (Å²) in [6.45, 7) is 7.30. The van der Waals surface area contributed by atoms with Crippen LogP contribution in [0.5, 0.6) is 5.75 Å². The zero-order valence-electron chi connectivity index (χ0n) is 17.3. The third kappa shape index (κ3) is 6.14. The van der Waals surface area contributed by atoms with Crippen LogP contribution in [0.15, 0.2) is 54.6 Å². The van der Waals surface area contributed by atoms with E-state index in [1.807, 2.05) is 6.92 Å². The van der Waals surface area contributed by atoms with Gasteiger partial charge in [0.05, 0.1) is 24.1 Å². The van der Waals surface area contributed by atoms with Crippen molar-refractivity contribution in [3.05, 3.63) is 65.9 Å². The Hall–Kier alpha value is -3.69. The lowest BCUT2D eigenvalue weighted by molar-refractivity contribution is -0.274. The van der Waals surface area contributed by atoms with Gasteiger partial charge in [-0.1, -0.05) is 31.7 Å². The number of rotatable bonds is 8. The summed E-state index contributed by atoms with van der Waals surface area (Å²) in [6.07, 6.45) is 0.784. The second kappa shape index (κ2) is 9.88. The number of hydrogen-bond acceptors (Lipinski definition) is 6. The van der Waals surface area contributed by atoms with Gasteiger partial charge in [0.15, 0.2) is 0 Å². The lowest BCUT2D eigenvalue weighted by Gasteiger charge is -2.15. The van der Waals surface area contributed by atoms with Gasteiger partial charge in [-0.3, -0.25) is 0 Å². The van der Waals surface area contributed by atoms with E-state index < -0.39 is 18.1 Å². The van der Waals surface area contributed by atoms with Crippen molar-refractivity contribution in [2.45, 2.75) is 26.6 Å². The highest BCUT2D eigenvalue weighted by molar-refractivity contribution is 5.97. The summed E-state index contributed by atoms with van der Waals surface area (Å²) in [6, 6.07) is 5.03. The predicted octanol–water partition coefficient (Wildman–Crippen LogP) is 4.76. The van der Waals surface area contributed by atoms with Gasteiger partial charge < -0.3 is 20.5 Å². The Balaban J connectivity index is 2.52. The van der Waals surface area contributed by atoms with E-state index in [4.69, 9.17) is 10.5 Å². The Bertz CT molecular complexity index is 1020. The maximum atomic E-state index is 12.6. The van der Waals surface area contributed by atoms with E-state index in [2.05, 4.69) is 21.7 Å². The number of hydrogen-bond donors (Lipinski definition) is 2. The summed E-state index contributed by atoms with van der Waals surface area (Å²) >= 11 is 0. The van der Waals surface area contributed by atoms with Crippen molar-refractivity contribution < 1.29 is 27.4 Å². The van der Waals surface area contributed by atoms with Crippen LogP contribution in [-0.2, 0) is 11.2 Å². The molecule has 2 rings (SSSR count). The Morgan fingerprint density at radius 2 is 2.06 bits per heavy atom. The number of benzene rings is 1. The average molecular weight is 436 g/mol. The fraction of sp³-hybridized carbons (Fsp3) is 0.238. The van der Waals surface area contributed by atoms with Gasteiger partial charge in [0.2, 0.25) is 0 Å². The molecule has 0 bridgehead atoms. The number of nitrogens with zero attached hydrogens (tertiary/aromatic N) is 2. The number of carbonyl (C=O) groups is 1. The normalized spacial score (nSPS) is 12.5. The SMILES string of the molecule is C=C/C=C\C(C)=C(/N)n1nc(CC)cc1Nc1ccc(OC(F)(F)F)cc1C(=O)OC. The number of esters is 1. The molecule has 166 valence electrons. The van der Waals surface area contributed by atoms with Crippen LogP contribution in [-0.4, -0.2) is 29.2 Å². The topological polar surface area (TPSA) is 91.4 Å². The molecule has 0 saturated heterocycles. The minimum atomic E-state index is -4.90. The molecule has 0 fully saturated rings. The molecular weight excluding hydrogens is 413 g/mol. The number of nitrogens with one attached hydrogen (secondary N) is 1. The first kappa shape index (κ1) is 23.6. The van der Waals surface area contributed by atoms with Crippen molar-refractivity contribution in [3.63, 3.8) is 0 Å². The Labute approximate surface area is 177 Å². The first-order chi connectivity index (χ1) is 14.6. The second-order valence-electron chi connectivity index (χ2n) is 6.32. The molecule has 0 saturated carbocycles. The summed E-state index contributed by atoms with van der Waals surface area (Å²) in [5, 5.41) is 7.43. The van der Waals surface area contributed by atoms with Crippen LogP contribution < -0.4 is 15.8 Å². The predicted molar refractivity (Wildman–Crippen MR) is 112 cm³/mol. The molecule has 0 spiro atoms. The van der Waals surface area contributed by atoms with Gasteiger partial charge in [-0.25, -0.2) is 9.48 Å². The third-order valence-electron chi connectivity index (χ3n) is 4.13. The van der Waals surface area contributed by atoms with Crippen LogP contribution in [0.3, 0.4) is 0 Å². The summed E-state index contributed by atoms with van der Waals surface area (Å²) in [5.74, 6) is -0.663. The second-order valence-corrected chi connectivity index (χ2v) is 6.32. The first-order valence-electron chi connectivity index (χ1n) is 9.19. The molecule has 0 radical (unpaired) electrons. The van der Waals surface area contributed by atoms with Crippen molar-refractivity contribution in [2.24, 2.45) is 5.73 Å². The van der Waals surface area contributed by atoms with E-state index in [0.717, 1.165) is 19.2 Å². The highest BCUT2D eigenvalue weighted by Gasteiger charge is 2.31. The van der Waals surface area contributed by atoms with E-state index in [1.54, 1.807) is 31.2 Å². The number of carbonyl (C=O) groups excluding carboxylic acids is 1. The van der Waals surface area contributed by atoms with Crippen LogP contribution in [0.25, 0.3) is 5.82 Å². The van der Waals surface area contributed by atoms with E-state index in [0.29, 0.717) is 29.3 Å². The molecule has 0 unspecified atom stereocenters. The lowest BCUT2D eigenvalue weighted by atomic mass is 10.1. The zero-order chi connectivity index (χ0) is 23.2. The third-order valence-corrected chi connectivity index (χ3v) is 4.13. The van der Waals surface area contributed by atoms with Gasteiger partial charge in [-0.15, -0.1) is 13.2 Å². The number of halogens is 3. The van der Waals surface area contributed by atoms with E-state index in [-0.39, 0.29) is 11.3 Å². The fourth-order valence-electron chi connectivity index (χ4n) is 2.59. The van der Waals surface area contributed by atoms with E-state index in [9.17, 15) is 18.0 Å². The number of anilines is 2. The molecule has 10 heteroatoms. The molecule has 0 amide bonds. The van der Waals surface area contributed by atoms with Crippen molar-refractivity contribution in [1.82, 2.24) is 9.78 Å². The summed E-state index contributed by atoms with van der Waals surface area (Å²) in [4.78, 5) is 12.2. The standard InChI is InChI=1S/C21H23F3N4O3/c1-5-7-8-13(3)19(25)28-18(11-14(6-2)27-28)26-17-10-9-15(31-21(22,23)24)12-16(17)20(29)30-4/h5,7-12,26H,1,6,25H2,2-4H3/b8-7-,19-13+. The Morgan fingerprint density at radius 1 is 1.35 bits per heavy atom. The van der Waals surface area contributed by atoms with Gasteiger partial charge in [0, 0.05) is 6.07 Å². The Morgan fingerprint density at radius 3 is 2.65 bits per heavy atom. The maximum Gasteiger partial charge on any atom is 0.573 e. The van der Waals surface area contributed by atoms with Gasteiger partial charge in [0.25, 0.3) is 0 Å². The van der Waals surface area contributed by atoms with Crippen molar-refractivity contribution in [1.29, 1.82) is 0 Å². The number of alkyl halides is 3. The number of allylic oxidation sites excluding steroid dienone is 4. The molecule has 0 aliphatic carbocycles. The molecule has 0 aliphatic rings. The minimum Gasteiger partial charge on any atom is -0.465 e. The smallest absolute Gasteiger partial charge is 0.465 e. The number of aryl methyl sites for hydroxylation is 1. The molecule has 1 heterocycles. The largest absolute Gasteiger partial charge is 0.573 e. The van der Waals surface area contributed by atoms with Crippen LogP contribution in [0.4, 0.5) is 24.7 Å². The lowest BCUT2D eigenvalue weighted by Crippen LogP contribution is -2.18. The summed E-state index contributed by atoms with van der Waals surface area (Å²) in [5.41, 5.74) is 7.69. The van der Waals surface area contributed by atoms with Crippen molar-refractivity contribution >= 4 is 23.3 Å². The molecule has 2 aromatic rings. The number of methoxy groups -OCH3 is 1. The van der Waals surface area contributed by atoms with E-state index in [1.165, 1.54) is 10.7 Å². The highest BCUT2D eigenvalue weighted by Crippen LogP contribution is 2.30. The molecular formula is C21H23F3N4O3. The van der Waals surface area contributed by atoms with Crippen LogP contribution in [0.2, 0.25) is 0 Å². The highest BCUT2D eigenvalue weighted by atomic mass is 19.4. The van der Waals surface area contributed by atoms with Crippen molar-refractivity contribution in [3.8, 4) is 5.75 Å². The minimum absolute atomic E-state index is 0.152. The van der Waals surface area contributed by atoms with Gasteiger partial charge in [-0.2, -0.15) is 5.10 Å². The molecule has 1 aromatic carbocycles. The molecule has 0 atom stereocenters. The van der Waals surface area contributed by atoms with Gasteiger partial charge in [0.1, 0.15) is 17.4 Å². The molecule has 1 aromatic heterocycles. The number of aromatic nitrogens is 2. The van der Waals surface area contributed by atoms with Gasteiger partial charge >= 0.3 is 12.3 Å². The number of ether oxygens (including phenoxy) is 2. The molecule has 7 nitrogen and oxygen atoms in total. The van der Waals surface area contributed by atoms with Crippen LogP contribution >= 0.6 is 0 Å². The average Bonchev–Trinajstić information content (AvgIpc) is 3.13. The van der Waals surface area contributed by atoms with Crippen LogP contribution in [0.1, 0.15) is 29.9 Å². The molecule has 0 aliphatic heterocycles.